The van der Waals surface area contributed by atoms with Gasteiger partial charge < -0.3 is 4.74 Å². The fraction of sp³-hybridized carbons (Fsp3) is 0.154. The number of carbonyl (C=O) groups is 1. The summed E-state index contributed by atoms with van der Waals surface area (Å²) in [5.74, 6) is 1.01. The molecule has 0 atom stereocenters. The summed E-state index contributed by atoms with van der Waals surface area (Å²) in [6, 6.07) is 7.62. The molecule has 2 heterocycles. The lowest BCUT2D eigenvalue weighted by atomic mass is 10.0. The molecule has 2 nitrogen and oxygen atoms in total. The lowest BCUT2D eigenvalue weighted by Gasteiger charge is -2.02. The highest BCUT2D eigenvalue weighted by Crippen LogP contribution is 2.27. The van der Waals surface area contributed by atoms with E-state index in [4.69, 9.17) is 4.74 Å². The van der Waals surface area contributed by atoms with E-state index < -0.39 is 0 Å². The van der Waals surface area contributed by atoms with E-state index in [9.17, 15) is 4.79 Å². The van der Waals surface area contributed by atoms with Crippen LogP contribution >= 0.6 is 33.9 Å². The maximum atomic E-state index is 12.2. The molecule has 0 saturated carbocycles. The molecule has 0 radical (unpaired) electrons. The maximum absolute atomic E-state index is 12.2. The van der Waals surface area contributed by atoms with E-state index in [1.54, 1.807) is 11.3 Å². The van der Waals surface area contributed by atoms with Crippen LogP contribution in [0.3, 0.4) is 0 Å². The quantitative estimate of drug-likeness (QED) is 0.608. The summed E-state index contributed by atoms with van der Waals surface area (Å²) < 4.78 is 6.57. The van der Waals surface area contributed by atoms with Crippen molar-refractivity contribution < 1.29 is 9.53 Å². The standard InChI is InChI=1S/C13H9IO2S/c14-12-6-10(7-17-12)13(15)9-1-2-11-8(5-9)3-4-16-11/h1-2,5-7H,3-4H2. The van der Waals surface area contributed by atoms with Crippen molar-refractivity contribution in [2.45, 2.75) is 6.42 Å². The molecule has 0 saturated heterocycles. The van der Waals surface area contributed by atoms with Crippen LogP contribution in [-0.4, -0.2) is 12.4 Å². The molecule has 0 bridgehead atoms. The monoisotopic (exact) mass is 356 g/mol. The number of carbonyl (C=O) groups excluding carboxylic acids is 1. The summed E-state index contributed by atoms with van der Waals surface area (Å²) in [6.07, 6.45) is 0.900. The average Bonchev–Trinajstić information content (AvgIpc) is 2.95. The van der Waals surface area contributed by atoms with Crippen LogP contribution in [0.2, 0.25) is 0 Å². The summed E-state index contributed by atoms with van der Waals surface area (Å²) in [5, 5.41) is 1.91. The lowest BCUT2D eigenvalue weighted by molar-refractivity contribution is 0.103. The van der Waals surface area contributed by atoms with E-state index in [1.165, 1.54) is 0 Å². The highest BCUT2D eigenvalue weighted by molar-refractivity contribution is 14.1. The third kappa shape index (κ3) is 2.11. The second-order valence-electron chi connectivity index (χ2n) is 3.89. The van der Waals surface area contributed by atoms with E-state index in [2.05, 4.69) is 22.6 Å². The summed E-state index contributed by atoms with van der Waals surface area (Å²) >= 11 is 3.82. The van der Waals surface area contributed by atoms with Gasteiger partial charge >= 0.3 is 0 Å². The van der Waals surface area contributed by atoms with E-state index in [0.29, 0.717) is 0 Å². The van der Waals surface area contributed by atoms with Crippen LogP contribution in [0.4, 0.5) is 0 Å². The number of ketones is 1. The Balaban J connectivity index is 1.97. The summed E-state index contributed by atoms with van der Waals surface area (Å²) in [5.41, 5.74) is 2.67. The average molecular weight is 356 g/mol. The van der Waals surface area contributed by atoms with Gasteiger partial charge in [0.1, 0.15) is 5.75 Å². The number of fused-ring (bicyclic) bond motifs is 1. The number of rotatable bonds is 2. The summed E-state index contributed by atoms with van der Waals surface area (Å²) in [4.78, 5) is 12.2. The van der Waals surface area contributed by atoms with Crippen molar-refractivity contribution in [2.24, 2.45) is 0 Å². The Hall–Kier alpha value is -0.880. The second-order valence-corrected chi connectivity index (χ2v) is 6.69. The van der Waals surface area contributed by atoms with Crippen molar-refractivity contribution in [1.29, 1.82) is 0 Å². The molecule has 1 aliphatic rings. The number of benzene rings is 1. The minimum Gasteiger partial charge on any atom is -0.493 e. The molecule has 3 rings (SSSR count). The Kier molecular flexibility index (Phi) is 2.92. The Morgan fingerprint density at radius 2 is 2.18 bits per heavy atom. The molecular weight excluding hydrogens is 347 g/mol. The Bertz CT molecular complexity index is 589. The van der Waals surface area contributed by atoms with Crippen molar-refractivity contribution in [2.75, 3.05) is 6.61 Å². The number of hydrogen-bond acceptors (Lipinski definition) is 3. The van der Waals surface area contributed by atoms with Crippen LogP contribution in [0, 0.1) is 2.88 Å². The zero-order valence-corrected chi connectivity index (χ0v) is 11.9. The molecular formula is C13H9IO2S. The molecule has 0 amide bonds. The summed E-state index contributed by atoms with van der Waals surface area (Å²) in [7, 11) is 0. The van der Waals surface area contributed by atoms with Crippen LogP contribution in [0.25, 0.3) is 0 Å². The maximum Gasteiger partial charge on any atom is 0.193 e. The van der Waals surface area contributed by atoms with Crippen molar-refractivity contribution in [3.8, 4) is 5.75 Å². The van der Waals surface area contributed by atoms with Gasteiger partial charge in [0.15, 0.2) is 5.78 Å². The van der Waals surface area contributed by atoms with Crippen molar-refractivity contribution in [3.63, 3.8) is 0 Å². The fourth-order valence-corrected chi connectivity index (χ4v) is 3.25. The third-order valence-electron chi connectivity index (χ3n) is 2.78. The molecule has 2 aromatic rings. The lowest BCUT2D eigenvalue weighted by Crippen LogP contribution is -1.99. The van der Waals surface area contributed by atoms with Crippen molar-refractivity contribution in [3.05, 3.63) is 49.2 Å². The van der Waals surface area contributed by atoms with E-state index in [1.807, 2.05) is 29.6 Å². The minimum atomic E-state index is 0.0962. The molecule has 0 unspecified atom stereocenters. The second kappa shape index (κ2) is 4.42. The predicted molar refractivity (Wildman–Crippen MR) is 76.1 cm³/mol. The van der Waals surface area contributed by atoms with Gasteiger partial charge in [0, 0.05) is 22.9 Å². The highest BCUT2D eigenvalue weighted by Gasteiger charge is 2.16. The molecule has 86 valence electrons. The fourth-order valence-electron chi connectivity index (χ4n) is 1.92. The first-order valence-electron chi connectivity index (χ1n) is 5.28. The minimum absolute atomic E-state index is 0.0962. The predicted octanol–water partition coefficient (Wildman–Crippen LogP) is 3.52. The highest BCUT2D eigenvalue weighted by atomic mass is 127. The van der Waals surface area contributed by atoms with Gasteiger partial charge in [-0.2, -0.15) is 0 Å². The molecule has 17 heavy (non-hydrogen) atoms. The first kappa shape index (κ1) is 11.2. The zero-order valence-electron chi connectivity index (χ0n) is 8.90. The van der Waals surface area contributed by atoms with E-state index >= 15 is 0 Å². The molecule has 1 aromatic carbocycles. The van der Waals surface area contributed by atoms with Crippen LogP contribution < -0.4 is 4.74 Å². The van der Waals surface area contributed by atoms with Gasteiger partial charge in [0.25, 0.3) is 0 Å². The van der Waals surface area contributed by atoms with Gasteiger partial charge in [-0.3, -0.25) is 4.79 Å². The Labute approximate surface area is 117 Å². The molecule has 0 N–H and O–H groups in total. The first-order valence-corrected chi connectivity index (χ1v) is 7.24. The SMILES string of the molecule is O=C(c1csc(I)c1)c1ccc2c(c1)CCO2. The smallest absolute Gasteiger partial charge is 0.193 e. The van der Waals surface area contributed by atoms with Crippen molar-refractivity contribution >= 4 is 39.7 Å². The normalized spacial score (nSPS) is 13.2. The van der Waals surface area contributed by atoms with Gasteiger partial charge in [-0.15, -0.1) is 11.3 Å². The van der Waals surface area contributed by atoms with E-state index in [-0.39, 0.29) is 5.78 Å². The van der Waals surface area contributed by atoms with Gasteiger partial charge in [-0.1, -0.05) is 0 Å². The Morgan fingerprint density at radius 3 is 2.94 bits per heavy atom. The molecule has 0 aliphatic carbocycles. The van der Waals surface area contributed by atoms with E-state index in [0.717, 1.165) is 38.4 Å². The summed E-state index contributed by atoms with van der Waals surface area (Å²) in [6.45, 7) is 0.726. The number of halogens is 1. The van der Waals surface area contributed by atoms with Crippen molar-refractivity contribution in [1.82, 2.24) is 0 Å². The third-order valence-corrected chi connectivity index (χ3v) is 4.57. The zero-order chi connectivity index (χ0) is 11.8. The van der Waals surface area contributed by atoms with Gasteiger partial charge in [-0.05, 0) is 52.4 Å². The van der Waals surface area contributed by atoms with Gasteiger partial charge in [0.05, 0.1) is 9.49 Å². The molecule has 1 aromatic heterocycles. The molecule has 4 heteroatoms. The number of ether oxygens (including phenoxy) is 1. The molecule has 0 fully saturated rings. The van der Waals surface area contributed by atoms with Crippen LogP contribution in [0.5, 0.6) is 5.75 Å². The van der Waals surface area contributed by atoms with Gasteiger partial charge in [-0.25, -0.2) is 0 Å². The Morgan fingerprint density at radius 1 is 1.29 bits per heavy atom. The van der Waals surface area contributed by atoms with Crippen LogP contribution in [0.1, 0.15) is 21.5 Å². The van der Waals surface area contributed by atoms with Crippen LogP contribution in [-0.2, 0) is 6.42 Å². The largest absolute Gasteiger partial charge is 0.493 e. The molecule has 0 spiro atoms. The number of thiophene rings is 1. The number of hydrogen-bond donors (Lipinski definition) is 0. The first-order chi connectivity index (χ1) is 8.24. The topological polar surface area (TPSA) is 26.3 Å². The van der Waals surface area contributed by atoms with Crippen LogP contribution in [0.15, 0.2) is 29.6 Å². The van der Waals surface area contributed by atoms with Gasteiger partial charge in [0.2, 0.25) is 0 Å². The molecule has 1 aliphatic heterocycles.